The van der Waals surface area contributed by atoms with E-state index in [1.807, 2.05) is 43.6 Å². The first kappa shape index (κ1) is 11.2. The topological polar surface area (TPSA) is 43.8 Å². The van der Waals surface area contributed by atoms with Crippen molar-refractivity contribution in [3.05, 3.63) is 52.8 Å². The number of aryl methyl sites for hydroxylation is 1. The fourth-order valence-electron chi connectivity index (χ4n) is 1.61. The van der Waals surface area contributed by atoms with E-state index in [0.29, 0.717) is 0 Å². The lowest BCUT2D eigenvalue weighted by Gasteiger charge is -2.08. The van der Waals surface area contributed by atoms with Crippen molar-refractivity contribution < 1.29 is 0 Å². The van der Waals surface area contributed by atoms with Crippen LogP contribution in [0.25, 0.3) is 0 Å². The minimum absolute atomic E-state index is 0.0672. The molecule has 1 atom stereocenters. The highest BCUT2D eigenvalue weighted by molar-refractivity contribution is 6.30. The summed E-state index contributed by atoms with van der Waals surface area (Å²) in [5.41, 5.74) is 8.15. The van der Waals surface area contributed by atoms with Gasteiger partial charge in [0.2, 0.25) is 0 Å². The van der Waals surface area contributed by atoms with Crippen LogP contribution in [0.4, 0.5) is 0 Å². The van der Waals surface area contributed by atoms with E-state index in [4.69, 9.17) is 17.3 Å². The standard InChI is InChI=1S/C12H14ClN3/c1-16-7-6-12(15-16)11(14)8-9-2-4-10(13)5-3-9/h2-7,11H,8,14H2,1H3. The predicted molar refractivity (Wildman–Crippen MR) is 65.3 cm³/mol. The molecule has 0 radical (unpaired) electrons. The first-order chi connectivity index (χ1) is 7.65. The molecule has 1 aromatic carbocycles. The molecule has 2 rings (SSSR count). The summed E-state index contributed by atoms with van der Waals surface area (Å²) in [6, 6.07) is 9.61. The van der Waals surface area contributed by atoms with Gasteiger partial charge in [0.25, 0.3) is 0 Å². The first-order valence-electron chi connectivity index (χ1n) is 5.15. The van der Waals surface area contributed by atoms with E-state index in [1.54, 1.807) is 4.68 Å². The monoisotopic (exact) mass is 235 g/mol. The van der Waals surface area contributed by atoms with Crippen LogP contribution >= 0.6 is 11.6 Å². The van der Waals surface area contributed by atoms with Gasteiger partial charge in [-0.25, -0.2) is 0 Å². The molecule has 2 aromatic rings. The Hall–Kier alpha value is -1.32. The molecule has 2 N–H and O–H groups in total. The molecule has 3 nitrogen and oxygen atoms in total. The van der Waals surface area contributed by atoms with Crippen LogP contribution in [-0.2, 0) is 13.5 Å². The van der Waals surface area contributed by atoms with E-state index in [0.717, 1.165) is 17.1 Å². The highest BCUT2D eigenvalue weighted by atomic mass is 35.5. The minimum atomic E-state index is -0.0672. The van der Waals surface area contributed by atoms with Gasteiger partial charge in [0.05, 0.1) is 11.7 Å². The lowest BCUT2D eigenvalue weighted by molar-refractivity contribution is 0.657. The van der Waals surface area contributed by atoms with Gasteiger partial charge in [0.15, 0.2) is 0 Å². The molecule has 1 aromatic heterocycles. The average Bonchev–Trinajstić information content (AvgIpc) is 2.68. The number of aromatic nitrogens is 2. The summed E-state index contributed by atoms with van der Waals surface area (Å²) in [7, 11) is 1.89. The molecule has 0 amide bonds. The summed E-state index contributed by atoms with van der Waals surface area (Å²) in [5.74, 6) is 0. The van der Waals surface area contributed by atoms with Gasteiger partial charge in [-0.15, -0.1) is 0 Å². The summed E-state index contributed by atoms with van der Waals surface area (Å²) in [6.07, 6.45) is 2.67. The summed E-state index contributed by atoms with van der Waals surface area (Å²) < 4.78 is 1.76. The van der Waals surface area contributed by atoms with Crippen LogP contribution in [0, 0.1) is 0 Å². The van der Waals surface area contributed by atoms with Gasteiger partial charge in [-0.2, -0.15) is 5.10 Å². The van der Waals surface area contributed by atoms with Crippen molar-refractivity contribution in [2.75, 3.05) is 0 Å². The number of halogens is 1. The van der Waals surface area contributed by atoms with E-state index >= 15 is 0 Å². The zero-order valence-corrected chi connectivity index (χ0v) is 9.85. The lowest BCUT2D eigenvalue weighted by atomic mass is 10.0. The van der Waals surface area contributed by atoms with E-state index in [2.05, 4.69) is 5.10 Å². The molecule has 84 valence electrons. The Balaban J connectivity index is 2.07. The Morgan fingerprint density at radius 1 is 1.31 bits per heavy atom. The second-order valence-corrected chi connectivity index (χ2v) is 4.29. The van der Waals surface area contributed by atoms with E-state index in [-0.39, 0.29) is 6.04 Å². The van der Waals surface area contributed by atoms with E-state index in [1.165, 1.54) is 5.56 Å². The van der Waals surface area contributed by atoms with E-state index in [9.17, 15) is 0 Å². The van der Waals surface area contributed by atoms with Gasteiger partial charge >= 0.3 is 0 Å². The predicted octanol–water partition coefficient (Wildman–Crippen LogP) is 2.32. The van der Waals surface area contributed by atoms with Gasteiger partial charge in [0.1, 0.15) is 0 Å². The molecule has 16 heavy (non-hydrogen) atoms. The van der Waals surface area contributed by atoms with Crippen LogP contribution in [0.2, 0.25) is 5.02 Å². The van der Waals surface area contributed by atoms with Crippen LogP contribution in [0.3, 0.4) is 0 Å². The molecule has 0 fully saturated rings. The highest BCUT2D eigenvalue weighted by Crippen LogP contribution is 2.16. The maximum atomic E-state index is 6.07. The van der Waals surface area contributed by atoms with Crippen LogP contribution < -0.4 is 5.73 Å². The number of nitrogens with two attached hydrogens (primary N) is 1. The number of rotatable bonds is 3. The molecule has 4 heteroatoms. The molecular weight excluding hydrogens is 222 g/mol. The fraction of sp³-hybridized carbons (Fsp3) is 0.250. The third-order valence-electron chi connectivity index (χ3n) is 2.48. The summed E-state index contributed by atoms with van der Waals surface area (Å²) in [4.78, 5) is 0. The average molecular weight is 236 g/mol. The number of hydrogen-bond acceptors (Lipinski definition) is 2. The largest absolute Gasteiger partial charge is 0.322 e. The van der Waals surface area contributed by atoms with Crippen molar-refractivity contribution in [1.29, 1.82) is 0 Å². The Morgan fingerprint density at radius 2 is 2.00 bits per heavy atom. The van der Waals surface area contributed by atoms with Crippen molar-refractivity contribution in [3.63, 3.8) is 0 Å². The SMILES string of the molecule is Cn1ccc(C(N)Cc2ccc(Cl)cc2)n1. The normalized spacial score (nSPS) is 12.7. The molecule has 0 bridgehead atoms. The van der Waals surface area contributed by atoms with Crippen LogP contribution in [-0.4, -0.2) is 9.78 Å². The maximum absolute atomic E-state index is 6.07. The van der Waals surface area contributed by atoms with Gasteiger partial charge in [-0.05, 0) is 30.2 Å². The molecule has 0 saturated heterocycles. The second-order valence-electron chi connectivity index (χ2n) is 3.85. The van der Waals surface area contributed by atoms with Gasteiger partial charge < -0.3 is 5.73 Å². The lowest BCUT2D eigenvalue weighted by Crippen LogP contribution is -2.14. The first-order valence-corrected chi connectivity index (χ1v) is 5.52. The third kappa shape index (κ3) is 2.62. The molecule has 0 spiro atoms. The van der Waals surface area contributed by atoms with Gasteiger partial charge in [0, 0.05) is 18.3 Å². The quantitative estimate of drug-likeness (QED) is 0.887. The van der Waals surface area contributed by atoms with Crippen LogP contribution in [0.15, 0.2) is 36.5 Å². The molecule has 1 unspecified atom stereocenters. The van der Waals surface area contributed by atoms with Gasteiger partial charge in [-0.3, -0.25) is 4.68 Å². The second kappa shape index (κ2) is 4.68. The Kier molecular flexibility index (Phi) is 3.27. The Labute approximate surface area is 99.8 Å². The zero-order valence-electron chi connectivity index (χ0n) is 9.10. The zero-order chi connectivity index (χ0) is 11.5. The van der Waals surface area contributed by atoms with Crippen molar-refractivity contribution in [3.8, 4) is 0 Å². The fourth-order valence-corrected chi connectivity index (χ4v) is 1.74. The Bertz CT molecular complexity index is 461. The molecule has 0 aliphatic heterocycles. The van der Waals surface area contributed by atoms with Crippen LogP contribution in [0.5, 0.6) is 0 Å². The molecular formula is C12H14ClN3. The molecule has 0 aliphatic rings. The summed E-state index contributed by atoms with van der Waals surface area (Å²) >= 11 is 5.82. The number of nitrogens with zero attached hydrogens (tertiary/aromatic N) is 2. The van der Waals surface area contributed by atoms with Crippen molar-refractivity contribution in [1.82, 2.24) is 9.78 Å². The van der Waals surface area contributed by atoms with Gasteiger partial charge in [-0.1, -0.05) is 23.7 Å². The third-order valence-corrected chi connectivity index (χ3v) is 2.73. The maximum Gasteiger partial charge on any atom is 0.0795 e. The molecule has 0 aliphatic carbocycles. The smallest absolute Gasteiger partial charge is 0.0795 e. The molecule has 0 saturated carbocycles. The van der Waals surface area contributed by atoms with Crippen molar-refractivity contribution in [2.24, 2.45) is 12.8 Å². The van der Waals surface area contributed by atoms with Crippen molar-refractivity contribution in [2.45, 2.75) is 12.5 Å². The summed E-state index contributed by atoms with van der Waals surface area (Å²) in [6.45, 7) is 0. The van der Waals surface area contributed by atoms with Crippen LogP contribution in [0.1, 0.15) is 17.3 Å². The number of hydrogen-bond donors (Lipinski definition) is 1. The number of benzene rings is 1. The molecule has 1 heterocycles. The highest BCUT2D eigenvalue weighted by Gasteiger charge is 2.09. The van der Waals surface area contributed by atoms with E-state index < -0.39 is 0 Å². The minimum Gasteiger partial charge on any atom is -0.322 e. The van der Waals surface area contributed by atoms with Crippen molar-refractivity contribution >= 4 is 11.6 Å². The summed E-state index contributed by atoms with van der Waals surface area (Å²) in [5, 5.41) is 5.04. The Morgan fingerprint density at radius 3 is 2.56 bits per heavy atom.